The molecule has 0 aromatic heterocycles. The summed E-state index contributed by atoms with van der Waals surface area (Å²) >= 11 is 0. The molecule has 300 valence electrons. The monoisotopic (exact) mass is 719 g/mol. The van der Waals surface area contributed by atoms with Gasteiger partial charge in [0.05, 0.1) is 19.0 Å². The summed E-state index contributed by atoms with van der Waals surface area (Å²) in [5.41, 5.74) is 0. The highest BCUT2D eigenvalue weighted by atomic mass is 16.5. The Hall–Kier alpha value is -1.59. The Kier molecular flexibility index (Phi) is 34.2. The Morgan fingerprint density at radius 1 is 0.569 bits per heavy atom. The molecular weight excluding hydrogens is 633 g/mol. The molecule has 0 spiro atoms. The van der Waals surface area contributed by atoms with E-state index < -0.39 is 5.97 Å². The highest BCUT2D eigenvalue weighted by Crippen LogP contribution is 2.19. The fourth-order valence-corrected chi connectivity index (χ4v) is 7.57. The maximum absolute atomic E-state index is 12.0. The zero-order valence-electron chi connectivity index (χ0n) is 34.2. The molecule has 51 heavy (non-hydrogen) atoms. The van der Waals surface area contributed by atoms with E-state index in [4.69, 9.17) is 14.8 Å². The van der Waals surface area contributed by atoms with Crippen molar-refractivity contribution in [2.75, 3.05) is 19.7 Å². The summed E-state index contributed by atoms with van der Waals surface area (Å²) < 4.78 is 5.46. The third-order valence-corrected chi connectivity index (χ3v) is 11.0. The summed E-state index contributed by atoms with van der Waals surface area (Å²) in [6, 6.07) is 0.574. The number of aliphatic carboxylic acids is 1. The van der Waals surface area contributed by atoms with Crippen molar-refractivity contribution in [3.8, 4) is 0 Å². The van der Waals surface area contributed by atoms with Crippen molar-refractivity contribution >= 4 is 17.8 Å². The maximum Gasteiger partial charge on any atom is 0.305 e. The highest BCUT2D eigenvalue weighted by molar-refractivity contribution is 5.84. The molecular formula is C45H86N2O4. The van der Waals surface area contributed by atoms with E-state index in [0.29, 0.717) is 25.5 Å². The third kappa shape index (κ3) is 31.6. The second-order valence-corrected chi connectivity index (χ2v) is 16.0. The number of nitrogens with zero attached hydrogens (tertiary/aromatic N) is 2. The number of carbonyl (C=O) groups is 2. The van der Waals surface area contributed by atoms with Gasteiger partial charge in [-0.3, -0.25) is 14.6 Å². The van der Waals surface area contributed by atoms with Gasteiger partial charge < -0.3 is 14.7 Å². The van der Waals surface area contributed by atoms with Crippen LogP contribution in [0.5, 0.6) is 0 Å². The molecule has 1 rings (SSSR count). The molecule has 1 aliphatic rings. The molecule has 1 atom stereocenters. The fourth-order valence-electron chi connectivity index (χ4n) is 7.57. The fraction of sp³-hybridized carbons (Fsp3) is 0.933. The molecule has 0 saturated carbocycles. The van der Waals surface area contributed by atoms with Crippen LogP contribution in [0.3, 0.4) is 0 Å². The largest absolute Gasteiger partial charge is 0.481 e. The Balaban J connectivity index is 1.82. The number of hydrogen-bond acceptors (Lipinski definition) is 5. The molecule has 0 fully saturated rings. The van der Waals surface area contributed by atoms with Gasteiger partial charge in [-0.1, -0.05) is 187 Å². The molecule has 1 unspecified atom stereocenters. The van der Waals surface area contributed by atoms with Crippen LogP contribution in [-0.4, -0.2) is 53.5 Å². The molecule has 0 aromatic rings. The normalized spacial score (nSPS) is 14.4. The van der Waals surface area contributed by atoms with E-state index in [1.165, 1.54) is 192 Å². The van der Waals surface area contributed by atoms with Gasteiger partial charge >= 0.3 is 11.9 Å². The lowest BCUT2D eigenvalue weighted by atomic mass is 10.0. The van der Waals surface area contributed by atoms with Gasteiger partial charge in [0.15, 0.2) is 0 Å². The molecule has 1 heterocycles. The van der Waals surface area contributed by atoms with E-state index in [-0.39, 0.29) is 5.97 Å². The van der Waals surface area contributed by atoms with Crippen molar-refractivity contribution in [3.63, 3.8) is 0 Å². The van der Waals surface area contributed by atoms with Gasteiger partial charge in [0.2, 0.25) is 0 Å². The number of unbranched alkanes of at least 4 members (excludes halogenated alkanes) is 30. The molecule has 0 bridgehead atoms. The molecule has 0 saturated heterocycles. The van der Waals surface area contributed by atoms with Crippen LogP contribution in [0, 0.1) is 0 Å². The van der Waals surface area contributed by atoms with Gasteiger partial charge in [0.25, 0.3) is 0 Å². The van der Waals surface area contributed by atoms with Gasteiger partial charge in [0, 0.05) is 31.8 Å². The van der Waals surface area contributed by atoms with Gasteiger partial charge in [-0.2, -0.15) is 0 Å². The highest BCUT2D eigenvalue weighted by Gasteiger charge is 2.22. The first-order valence-corrected chi connectivity index (χ1v) is 22.7. The van der Waals surface area contributed by atoms with Crippen LogP contribution >= 0.6 is 0 Å². The summed E-state index contributed by atoms with van der Waals surface area (Å²) in [6.07, 6.45) is 44.4. The number of ether oxygens (including phenoxy) is 1. The Labute approximate surface area is 317 Å². The smallest absolute Gasteiger partial charge is 0.305 e. The number of aliphatic imine (C=N–C) groups is 1. The number of amidine groups is 1. The number of carboxylic acids is 1. The van der Waals surface area contributed by atoms with Crippen LogP contribution < -0.4 is 0 Å². The van der Waals surface area contributed by atoms with Crippen LogP contribution in [0.15, 0.2) is 4.99 Å². The molecule has 6 nitrogen and oxygen atoms in total. The SMILES string of the molecule is CCCCCCCCCCCCCCOC(=O)CCCCCCCCCCCCCN1C(CCCCCCCCCCCCC(=O)O)=NCC1C. The summed E-state index contributed by atoms with van der Waals surface area (Å²) in [6.45, 7) is 7.39. The molecule has 0 aliphatic carbocycles. The van der Waals surface area contributed by atoms with Crippen molar-refractivity contribution in [2.45, 2.75) is 251 Å². The number of carbonyl (C=O) groups excluding carboxylic acids is 1. The van der Waals surface area contributed by atoms with Crippen LogP contribution in [0.1, 0.15) is 245 Å². The Bertz CT molecular complexity index is 816. The number of esters is 1. The predicted octanol–water partition coefficient (Wildman–Crippen LogP) is 13.8. The van der Waals surface area contributed by atoms with E-state index in [1.807, 2.05) is 0 Å². The second-order valence-electron chi connectivity index (χ2n) is 16.0. The average molecular weight is 719 g/mol. The van der Waals surface area contributed by atoms with Gasteiger partial charge in [-0.25, -0.2) is 0 Å². The topological polar surface area (TPSA) is 79.2 Å². The molecule has 6 heteroatoms. The second kappa shape index (κ2) is 36.8. The lowest BCUT2D eigenvalue weighted by molar-refractivity contribution is -0.144. The van der Waals surface area contributed by atoms with Crippen molar-refractivity contribution < 1.29 is 19.4 Å². The van der Waals surface area contributed by atoms with Crippen molar-refractivity contribution in [1.82, 2.24) is 4.90 Å². The standard InChI is InChI=1S/C45H86N2O4/c1-3-4-5-6-7-8-9-15-20-25-30-35-40-51-45(50)38-33-28-23-18-11-10-14-19-24-29-34-39-47-42(2)41-46-43(47)36-31-26-21-16-12-13-17-22-27-32-37-44(48)49/h42H,3-41H2,1-2H3,(H,48,49). The van der Waals surface area contributed by atoms with E-state index in [9.17, 15) is 9.59 Å². The van der Waals surface area contributed by atoms with Gasteiger partial charge in [-0.15, -0.1) is 0 Å². The lowest BCUT2D eigenvalue weighted by Crippen LogP contribution is -2.35. The minimum absolute atomic E-state index is 0.0129. The molecule has 1 aliphatic heterocycles. The van der Waals surface area contributed by atoms with Gasteiger partial charge in [0.1, 0.15) is 0 Å². The minimum atomic E-state index is -0.663. The zero-order chi connectivity index (χ0) is 36.9. The van der Waals surface area contributed by atoms with Gasteiger partial charge in [-0.05, 0) is 39.0 Å². The summed E-state index contributed by atoms with van der Waals surface area (Å²) in [4.78, 5) is 30.1. The molecule has 1 N–H and O–H groups in total. The first-order valence-electron chi connectivity index (χ1n) is 22.7. The Morgan fingerprint density at radius 3 is 1.43 bits per heavy atom. The molecule has 0 radical (unpaired) electrons. The third-order valence-electron chi connectivity index (χ3n) is 11.0. The van der Waals surface area contributed by atoms with E-state index >= 15 is 0 Å². The van der Waals surface area contributed by atoms with E-state index in [0.717, 1.165) is 45.1 Å². The lowest BCUT2D eigenvalue weighted by Gasteiger charge is -2.25. The van der Waals surface area contributed by atoms with Crippen LogP contribution in [-0.2, 0) is 14.3 Å². The van der Waals surface area contributed by atoms with Crippen molar-refractivity contribution in [1.29, 1.82) is 0 Å². The quantitative estimate of drug-likeness (QED) is 0.0504. The first kappa shape index (κ1) is 47.4. The Morgan fingerprint density at radius 2 is 0.961 bits per heavy atom. The van der Waals surface area contributed by atoms with Crippen LogP contribution in [0.4, 0.5) is 0 Å². The summed E-state index contributed by atoms with van der Waals surface area (Å²) in [5.74, 6) is 0.721. The number of rotatable bonds is 40. The minimum Gasteiger partial charge on any atom is -0.481 e. The van der Waals surface area contributed by atoms with E-state index in [2.05, 4.69) is 18.7 Å². The van der Waals surface area contributed by atoms with Crippen molar-refractivity contribution in [3.05, 3.63) is 0 Å². The summed E-state index contributed by atoms with van der Waals surface area (Å²) in [5, 5.41) is 8.70. The van der Waals surface area contributed by atoms with Crippen LogP contribution in [0.25, 0.3) is 0 Å². The van der Waals surface area contributed by atoms with E-state index in [1.54, 1.807) is 0 Å². The summed E-state index contributed by atoms with van der Waals surface area (Å²) in [7, 11) is 0. The maximum atomic E-state index is 12.0. The van der Waals surface area contributed by atoms with Crippen molar-refractivity contribution in [2.24, 2.45) is 4.99 Å². The first-order chi connectivity index (χ1) is 25.0. The zero-order valence-corrected chi connectivity index (χ0v) is 34.2. The molecule has 0 aromatic carbocycles. The predicted molar refractivity (Wildman–Crippen MR) is 219 cm³/mol. The molecule has 0 amide bonds. The number of carboxylic acid groups (broad SMARTS) is 1. The number of hydrogen-bond donors (Lipinski definition) is 1. The average Bonchev–Trinajstić information content (AvgIpc) is 3.47. The van der Waals surface area contributed by atoms with Crippen LogP contribution in [0.2, 0.25) is 0 Å².